The quantitative estimate of drug-likeness (QED) is 0.489. The smallest absolute Gasteiger partial charge is 0.191 e. The Bertz CT molecular complexity index is 1060. The summed E-state index contributed by atoms with van der Waals surface area (Å²) in [4.78, 5) is 4.69. The lowest BCUT2D eigenvalue weighted by molar-refractivity contribution is 0.687. The van der Waals surface area contributed by atoms with Gasteiger partial charge in [-0.2, -0.15) is 0 Å². The molecule has 0 aliphatic carbocycles. The van der Waals surface area contributed by atoms with Crippen LogP contribution in [0.2, 0.25) is 0 Å². The standard InChI is InChI=1S/C20H21N5S/c1-4-25-19(16-7-5-6-14(2)10-16)22-23-20(25)26-13-17-12-24-11-15(3)8-9-18(24)21-17/h5-12H,4,13H2,1-3H3. The molecule has 3 heterocycles. The zero-order valence-corrected chi connectivity index (χ0v) is 16.0. The van der Waals surface area contributed by atoms with Gasteiger partial charge in [-0.25, -0.2) is 4.98 Å². The average molecular weight is 363 g/mol. The fourth-order valence-corrected chi connectivity index (χ4v) is 3.93. The van der Waals surface area contributed by atoms with Crippen molar-refractivity contribution in [2.45, 2.75) is 38.2 Å². The molecule has 0 saturated heterocycles. The highest BCUT2D eigenvalue weighted by Gasteiger charge is 2.14. The number of imidazole rings is 1. The van der Waals surface area contributed by atoms with E-state index in [9.17, 15) is 0 Å². The first-order valence-corrected chi connectivity index (χ1v) is 9.70. The van der Waals surface area contributed by atoms with Gasteiger partial charge in [-0.3, -0.25) is 0 Å². The molecule has 0 bridgehead atoms. The molecular formula is C20H21N5S. The molecule has 6 heteroatoms. The number of benzene rings is 1. The van der Waals surface area contributed by atoms with E-state index in [0.29, 0.717) is 0 Å². The second-order valence-electron chi connectivity index (χ2n) is 6.41. The minimum Gasteiger partial charge on any atom is -0.307 e. The van der Waals surface area contributed by atoms with Gasteiger partial charge in [0, 0.05) is 30.3 Å². The summed E-state index contributed by atoms with van der Waals surface area (Å²) in [6.45, 7) is 7.14. The summed E-state index contributed by atoms with van der Waals surface area (Å²) in [6.07, 6.45) is 4.18. The highest BCUT2D eigenvalue weighted by molar-refractivity contribution is 7.98. The third-order valence-electron chi connectivity index (χ3n) is 4.31. The van der Waals surface area contributed by atoms with Gasteiger partial charge in [0.05, 0.1) is 5.69 Å². The van der Waals surface area contributed by atoms with Crippen molar-refractivity contribution in [1.29, 1.82) is 0 Å². The van der Waals surface area contributed by atoms with Crippen LogP contribution < -0.4 is 0 Å². The van der Waals surface area contributed by atoms with Crippen molar-refractivity contribution in [2.75, 3.05) is 0 Å². The maximum atomic E-state index is 4.69. The molecular weight excluding hydrogens is 342 g/mol. The number of hydrogen-bond acceptors (Lipinski definition) is 4. The van der Waals surface area contributed by atoms with Crippen LogP contribution in [0.5, 0.6) is 0 Å². The van der Waals surface area contributed by atoms with Crippen LogP contribution in [0.15, 0.2) is 53.9 Å². The van der Waals surface area contributed by atoms with Gasteiger partial charge >= 0.3 is 0 Å². The van der Waals surface area contributed by atoms with Crippen molar-refractivity contribution in [2.24, 2.45) is 0 Å². The van der Waals surface area contributed by atoms with Gasteiger partial charge in [0.2, 0.25) is 0 Å². The number of hydrogen-bond donors (Lipinski definition) is 0. The summed E-state index contributed by atoms with van der Waals surface area (Å²) < 4.78 is 4.24. The van der Waals surface area contributed by atoms with E-state index in [-0.39, 0.29) is 0 Å². The second-order valence-corrected chi connectivity index (χ2v) is 7.36. The van der Waals surface area contributed by atoms with E-state index in [2.05, 4.69) is 87.6 Å². The highest BCUT2D eigenvalue weighted by Crippen LogP contribution is 2.26. The van der Waals surface area contributed by atoms with Crippen LogP contribution >= 0.6 is 11.8 Å². The van der Waals surface area contributed by atoms with Crippen molar-refractivity contribution in [1.82, 2.24) is 24.1 Å². The summed E-state index contributed by atoms with van der Waals surface area (Å²) in [5, 5.41) is 9.78. The van der Waals surface area contributed by atoms with Crippen molar-refractivity contribution in [3.8, 4) is 11.4 Å². The topological polar surface area (TPSA) is 48.0 Å². The van der Waals surface area contributed by atoms with Crippen molar-refractivity contribution < 1.29 is 0 Å². The summed E-state index contributed by atoms with van der Waals surface area (Å²) >= 11 is 1.68. The fraction of sp³-hybridized carbons (Fsp3) is 0.250. The number of rotatable bonds is 5. The molecule has 3 aromatic heterocycles. The molecule has 0 unspecified atom stereocenters. The van der Waals surface area contributed by atoms with Gasteiger partial charge in [-0.05, 0) is 38.5 Å². The Morgan fingerprint density at radius 1 is 1.00 bits per heavy atom. The Labute approximate surface area is 157 Å². The molecule has 0 N–H and O–H groups in total. The lowest BCUT2D eigenvalue weighted by atomic mass is 10.1. The second kappa shape index (κ2) is 6.96. The normalized spacial score (nSPS) is 11.3. The first-order chi connectivity index (χ1) is 12.6. The zero-order chi connectivity index (χ0) is 18.1. The molecule has 26 heavy (non-hydrogen) atoms. The van der Waals surface area contributed by atoms with Crippen LogP contribution in [-0.4, -0.2) is 24.1 Å². The molecule has 132 valence electrons. The predicted octanol–water partition coefficient (Wildman–Crippen LogP) is 4.52. The molecule has 0 atom stereocenters. The molecule has 0 radical (unpaired) electrons. The minimum absolute atomic E-state index is 0.771. The van der Waals surface area contributed by atoms with Crippen LogP contribution in [0.25, 0.3) is 17.0 Å². The summed E-state index contributed by atoms with van der Waals surface area (Å²) in [5.74, 6) is 1.69. The molecule has 0 saturated carbocycles. The molecule has 4 rings (SSSR count). The maximum absolute atomic E-state index is 4.69. The average Bonchev–Trinajstić information content (AvgIpc) is 3.22. The molecule has 0 aliphatic rings. The molecule has 0 spiro atoms. The van der Waals surface area contributed by atoms with E-state index >= 15 is 0 Å². The maximum Gasteiger partial charge on any atom is 0.191 e. The number of aryl methyl sites for hydroxylation is 2. The first-order valence-electron chi connectivity index (χ1n) is 8.71. The zero-order valence-electron chi connectivity index (χ0n) is 15.2. The van der Waals surface area contributed by atoms with E-state index < -0.39 is 0 Å². The Morgan fingerprint density at radius 2 is 1.88 bits per heavy atom. The van der Waals surface area contributed by atoms with E-state index in [1.54, 1.807) is 11.8 Å². The van der Waals surface area contributed by atoms with Gasteiger partial charge in [0.15, 0.2) is 11.0 Å². The Morgan fingerprint density at radius 3 is 2.69 bits per heavy atom. The van der Waals surface area contributed by atoms with E-state index in [1.165, 1.54) is 11.1 Å². The molecule has 0 fully saturated rings. The van der Waals surface area contributed by atoms with Crippen LogP contribution in [0.3, 0.4) is 0 Å². The van der Waals surface area contributed by atoms with Crippen molar-refractivity contribution in [3.05, 3.63) is 65.6 Å². The van der Waals surface area contributed by atoms with Gasteiger partial charge in [-0.1, -0.05) is 41.6 Å². The summed E-state index contributed by atoms with van der Waals surface area (Å²) in [7, 11) is 0. The van der Waals surface area contributed by atoms with Crippen LogP contribution in [-0.2, 0) is 12.3 Å². The molecule has 1 aromatic carbocycles. The van der Waals surface area contributed by atoms with Crippen LogP contribution in [0.4, 0.5) is 0 Å². The van der Waals surface area contributed by atoms with E-state index in [4.69, 9.17) is 0 Å². The molecule has 5 nitrogen and oxygen atoms in total. The Hall–Kier alpha value is -2.60. The van der Waals surface area contributed by atoms with Crippen molar-refractivity contribution >= 4 is 17.4 Å². The monoisotopic (exact) mass is 363 g/mol. The van der Waals surface area contributed by atoms with Gasteiger partial charge in [0.1, 0.15) is 5.65 Å². The fourth-order valence-electron chi connectivity index (χ4n) is 3.04. The van der Waals surface area contributed by atoms with E-state index in [1.807, 2.05) is 6.07 Å². The number of aromatic nitrogens is 5. The predicted molar refractivity (Wildman–Crippen MR) is 105 cm³/mol. The lowest BCUT2D eigenvalue weighted by Crippen LogP contribution is -2.00. The van der Waals surface area contributed by atoms with Crippen LogP contribution in [0.1, 0.15) is 23.7 Å². The third kappa shape index (κ3) is 3.24. The number of pyridine rings is 1. The largest absolute Gasteiger partial charge is 0.307 e. The number of thioether (sulfide) groups is 1. The summed E-state index contributed by atoms with van der Waals surface area (Å²) in [6, 6.07) is 12.5. The van der Waals surface area contributed by atoms with Crippen molar-refractivity contribution in [3.63, 3.8) is 0 Å². The van der Waals surface area contributed by atoms with Gasteiger partial charge < -0.3 is 8.97 Å². The minimum atomic E-state index is 0.771. The molecule has 4 aromatic rings. The van der Waals surface area contributed by atoms with Gasteiger partial charge in [-0.15, -0.1) is 10.2 Å². The van der Waals surface area contributed by atoms with E-state index in [0.717, 1.165) is 40.2 Å². The summed E-state index contributed by atoms with van der Waals surface area (Å²) in [5.41, 5.74) is 5.58. The number of fused-ring (bicyclic) bond motifs is 1. The number of nitrogens with zero attached hydrogens (tertiary/aromatic N) is 5. The highest BCUT2D eigenvalue weighted by atomic mass is 32.2. The SMILES string of the molecule is CCn1c(SCc2cn3cc(C)ccc3n2)nnc1-c1cccc(C)c1. The third-order valence-corrected chi connectivity index (χ3v) is 5.31. The lowest BCUT2D eigenvalue weighted by Gasteiger charge is -2.07. The van der Waals surface area contributed by atoms with Crippen LogP contribution in [0, 0.1) is 13.8 Å². The molecule has 0 amide bonds. The Balaban J connectivity index is 1.58. The van der Waals surface area contributed by atoms with Gasteiger partial charge in [0.25, 0.3) is 0 Å². The molecule has 0 aliphatic heterocycles. The first kappa shape index (κ1) is 16.8. The Kier molecular flexibility index (Phi) is 4.51.